The van der Waals surface area contributed by atoms with Gasteiger partial charge in [0, 0.05) is 38.3 Å². The van der Waals surface area contributed by atoms with Crippen LogP contribution in [0.5, 0.6) is 0 Å². The van der Waals surface area contributed by atoms with Gasteiger partial charge >= 0.3 is 30.0 Å². The van der Waals surface area contributed by atoms with Crippen LogP contribution in [-0.4, -0.2) is 137 Å². The van der Waals surface area contributed by atoms with Gasteiger partial charge in [-0.2, -0.15) is 0 Å². The molecule has 0 radical (unpaired) electrons. The molecule has 0 bridgehead atoms. The van der Waals surface area contributed by atoms with Gasteiger partial charge in [-0.1, -0.05) is 0 Å². The minimum Gasteiger partial charge on any atom is -0.459 e. The van der Waals surface area contributed by atoms with Crippen molar-refractivity contribution >= 4 is 30.0 Å². The number of nitrogens with zero attached hydrogens (tertiary/aromatic N) is 3. The van der Waals surface area contributed by atoms with Crippen molar-refractivity contribution in [3.63, 3.8) is 0 Å². The average Bonchev–Trinajstić information content (AvgIpc) is 2.97. The number of hydrogen-bond acceptors (Lipinski definition) is 13. The molecule has 1 heterocycles. The zero-order valence-electron chi connectivity index (χ0n) is 33.5. The van der Waals surface area contributed by atoms with Crippen LogP contribution in [0.15, 0.2) is 0 Å². The number of rotatable bonds is 12. The molecule has 1 saturated heterocycles. The number of esters is 4. The van der Waals surface area contributed by atoms with Crippen LogP contribution in [0.25, 0.3) is 0 Å². The van der Waals surface area contributed by atoms with Gasteiger partial charge in [0.2, 0.25) is 0 Å². The summed E-state index contributed by atoms with van der Waals surface area (Å²) < 4.78 is 28.2. The van der Waals surface area contributed by atoms with E-state index in [4.69, 9.17) is 23.7 Å². The maximum atomic E-state index is 13.5. The van der Waals surface area contributed by atoms with E-state index in [9.17, 15) is 24.0 Å². The Morgan fingerprint density at radius 2 is 0.860 bits per heavy atom. The Kier molecular flexibility index (Phi) is 15.8. The summed E-state index contributed by atoms with van der Waals surface area (Å²) in [5.41, 5.74) is -4.93. The van der Waals surface area contributed by atoms with E-state index in [0.717, 1.165) is 0 Å². The molecule has 290 valence electrons. The smallest absolute Gasteiger partial charge is 0.407 e. The molecule has 14 nitrogen and oxygen atoms in total. The van der Waals surface area contributed by atoms with E-state index in [1.807, 2.05) is 9.80 Å². The zero-order valence-corrected chi connectivity index (χ0v) is 33.5. The second kappa shape index (κ2) is 17.5. The molecular weight excluding hydrogens is 648 g/mol. The predicted octanol–water partition coefficient (Wildman–Crippen LogP) is 3.93. The second-order valence-corrected chi connectivity index (χ2v) is 18.0. The van der Waals surface area contributed by atoms with E-state index >= 15 is 0 Å². The van der Waals surface area contributed by atoms with Crippen LogP contribution in [0, 0.1) is 0 Å². The highest BCUT2D eigenvalue weighted by atomic mass is 16.6. The van der Waals surface area contributed by atoms with Crippen molar-refractivity contribution in [3.05, 3.63) is 0 Å². The molecule has 1 N–H and O–H groups in total. The molecule has 0 unspecified atom stereocenters. The first-order chi connectivity index (χ1) is 22.4. The van der Waals surface area contributed by atoms with Crippen molar-refractivity contribution < 1.29 is 47.7 Å². The monoisotopic (exact) mass is 714 g/mol. The van der Waals surface area contributed by atoms with Gasteiger partial charge in [-0.05, 0) is 110 Å². The SMILES string of the molecule is CC(C)(C)OC(=O)CN1CCN(CC(=O)OC(C)(C)C)CC(CCNC(=O)OC(C)(C)C)(N(CC(=O)OC(C)(C)C)CC(=O)OC(C)(C)C)C1. The summed E-state index contributed by atoms with van der Waals surface area (Å²) in [4.78, 5) is 71.5. The number of carbonyl (C=O) groups excluding carboxylic acids is 5. The Morgan fingerprint density at radius 3 is 1.18 bits per heavy atom. The van der Waals surface area contributed by atoms with Gasteiger partial charge in [-0.3, -0.25) is 33.9 Å². The molecule has 0 aromatic carbocycles. The molecule has 14 heteroatoms. The number of carbonyl (C=O) groups is 5. The van der Waals surface area contributed by atoms with Crippen molar-refractivity contribution in [2.75, 3.05) is 58.9 Å². The Bertz CT molecular complexity index is 1100. The number of nitrogens with one attached hydrogen (secondary N) is 1. The lowest BCUT2D eigenvalue weighted by atomic mass is 9.90. The fourth-order valence-corrected chi connectivity index (χ4v) is 5.38. The van der Waals surface area contributed by atoms with Gasteiger partial charge in [0.15, 0.2) is 0 Å². The molecule has 1 aliphatic heterocycles. The molecule has 0 aromatic rings. The lowest BCUT2D eigenvalue weighted by Crippen LogP contribution is -2.63. The molecular formula is C36H66N4O10. The quantitative estimate of drug-likeness (QED) is 0.230. The van der Waals surface area contributed by atoms with Crippen LogP contribution in [0.4, 0.5) is 4.79 Å². The summed E-state index contributed by atoms with van der Waals surface area (Å²) in [6.45, 7) is 26.8. The maximum Gasteiger partial charge on any atom is 0.407 e. The minimum atomic E-state index is -1.12. The van der Waals surface area contributed by atoms with Gasteiger partial charge in [-0.25, -0.2) is 4.79 Å². The van der Waals surface area contributed by atoms with E-state index in [-0.39, 0.29) is 52.2 Å². The highest BCUT2D eigenvalue weighted by Gasteiger charge is 2.45. The van der Waals surface area contributed by atoms with Crippen LogP contribution in [0.1, 0.15) is 110 Å². The third-order valence-corrected chi connectivity index (χ3v) is 6.72. The summed E-state index contributed by atoms with van der Waals surface area (Å²) >= 11 is 0. The van der Waals surface area contributed by atoms with Gasteiger partial charge in [0.1, 0.15) is 28.0 Å². The molecule has 1 amide bonds. The topological polar surface area (TPSA) is 153 Å². The van der Waals surface area contributed by atoms with E-state index < -0.39 is 63.5 Å². The van der Waals surface area contributed by atoms with Gasteiger partial charge < -0.3 is 29.0 Å². The maximum absolute atomic E-state index is 13.5. The summed E-state index contributed by atoms with van der Waals surface area (Å²) in [5.74, 6) is -2.07. The predicted molar refractivity (Wildman–Crippen MR) is 189 cm³/mol. The van der Waals surface area contributed by atoms with Crippen molar-refractivity contribution in [3.8, 4) is 0 Å². The molecule has 1 aliphatic rings. The van der Waals surface area contributed by atoms with Crippen LogP contribution >= 0.6 is 0 Å². The van der Waals surface area contributed by atoms with Crippen molar-refractivity contribution in [2.24, 2.45) is 0 Å². The summed E-state index contributed by atoms with van der Waals surface area (Å²) in [6, 6.07) is 0. The molecule has 0 aromatic heterocycles. The van der Waals surface area contributed by atoms with E-state index in [1.165, 1.54) is 0 Å². The first-order valence-corrected chi connectivity index (χ1v) is 17.4. The van der Waals surface area contributed by atoms with Crippen molar-refractivity contribution in [1.29, 1.82) is 0 Å². The molecule has 0 spiro atoms. The molecule has 50 heavy (non-hydrogen) atoms. The lowest BCUT2D eigenvalue weighted by Gasteiger charge is -2.46. The van der Waals surface area contributed by atoms with Crippen molar-refractivity contribution in [2.45, 2.75) is 144 Å². The molecule has 0 atom stereocenters. The van der Waals surface area contributed by atoms with Crippen molar-refractivity contribution in [1.82, 2.24) is 20.0 Å². The third-order valence-electron chi connectivity index (χ3n) is 6.72. The van der Waals surface area contributed by atoms with Gasteiger partial charge in [0.25, 0.3) is 0 Å². The van der Waals surface area contributed by atoms with Crippen LogP contribution in [-0.2, 0) is 42.9 Å². The highest BCUT2D eigenvalue weighted by molar-refractivity contribution is 5.76. The Morgan fingerprint density at radius 1 is 0.540 bits per heavy atom. The normalized spacial score (nSPS) is 16.6. The van der Waals surface area contributed by atoms with E-state index in [1.54, 1.807) is 109 Å². The zero-order chi connectivity index (χ0) is 38.9. The van der Waals surface area contributed by atoms with Crippen LogP contribution in [0.3, 0.4) is 0 Å². The minimum absolute atomic E-state index is 0.0780. The molecule has 1 rings (SSSR count). The fraction of sp³-hybridized carbons (Fsp3) is 0.861. The summed E-state index contributed by atoms with van der Waals surface area (Å²) in [7, 11) is 0. The highest BCUT2D eigenvalue weighted by Crippen LogP contribution is 2.28. The number of hydrogen-bond donors (Lipinski definition) is 1. The standard InChI is InChI=1S/C36H66N4O10/c1-31(2,3)46-26(41)20-38-18-19-39(21-27(42)47-32(4,5)6)25-36(24-38,16-17-37-30(45)50-35(13,14)15)40(22-28(43)48-33(7,8)9)23-29(44)49-34(10,11)12/h16-25H2,1-15H3,(H,37,45). The third kappa shape index (κ3) is 20.0. The second-order valence-electron chi connectivity index (χ2n) is 18.0. The number of ether oxygens (including phenoxy) is 5. The first kappa shape index (κ1) is 45.1. The summed E-state index contributed by atoms with van der Waals surface area (Å²) in [5, 5.41) is 2.80. The average molecular weight is 715 g/mol. The van der Waals surface area contributed by atoms with Gasteiger partial charge in [0.05, 0.1) is 26.2 Å². The lowest BCUT2D eigenvalue weighted by molar-refractivity contribution is -0.166. The van der Waals surface area contributed by atoms with Crippen LogP contribution < -0.4 is 5.32 Å². The fourth-order valence-electron chi connectivity index (χ4n) is 5.38. The number of alkyl carbamates (subject to hydrolysis) is 1. The first-order valence-electron chi connectivity index (χ1n) is 17.4. The summed E-state index contributed by atoms with van der Waals surface area (Å²) in [6.07, 6.45) is -0.448. The molecule has 1 fully saturated rings. The van der Waals surface area contributed by atoms with E-state index in [0.29, 0.717) is 13.1 Å². The van der Waals surface area contributed by atoms with Gasteiger partial charge in [-0.15, -0.1) is 0 Å². The van der Waals surface area contributed by atoms with E-state index in [2.05, 4.69) is 5.32 Å². The number of amides is 1. The molecule has 0 aliphatic carbocycles. The Labute approximate surface area is 300 Å². The van der Waals surface area contributed by atoms with Crippen LogP contribution in [0.2, 0.25) is 0 Å². The Hall–Kier alpha value is -2.97. The Balaban J connectivity index is 3.80. The largest absolute Gasteiger partial charge is 0.459 e. The molecule has 0 saturated carbocycles.